The number of aryl methyl sites for hydroxylation is 4. The minimum atomic E-state index is -4.45. The number of non-ortho nitro benzene ring substituents is 2. The Morgan fingerprint density at radius 2 is 1.08 bits per heavy atom. The molecule has 0 bridgehead atoms. The normalized spacial score (nSPS) is 15.1. The molecule has 2 aliphatic rings. The highest BCUT2D eigenvalue weighted by molar-refractivity contribution is 6.31. The lowest BCUT2D eigenvalue weighted by Gasteiger charge is -2.16. The highest BCUT2D eigenvalue weighted by Crippen LogP contribution is 2.31. The van der Waals surface area contributed by atoms with Gasteiger partial charge in [0.15, 0.2) is 0 Å². The van der Waals surface area contributed by atoms with Gasteiger partial charge in [-0.15, -0.1) is 0 Å². The van der Waals surface area contributed by atoms with Crippen LogP contribution >= 0.6 is 23.2 Å². The van der Waals surface area contributed by atoms with E-state index in [4.69, 9.17) is 43.6 Å². The van der Waals surface area contributed by atoms with Crippen molar-refractivity contribution in [3.63, 3.8) is 0 Å². The van der Waals surface area contributed by atoms with Gasteiger partial charge in [0.1, 0.15) is 55.1 Å². The van der Waals surface area contributed by atoms with Gasteiger partial charge in [0.2, 0.25) is 0 Å². The van der Waals surface area contributed by atoms with Crippen molar-refractivity contribution in [2.24, 2.45) is 0 Å². The number of aldehydes is 1. The molecular weight excluding hydrogens is 1390 g/mol. The Labute approximate surface area is 597 Å². The second-order valence-corrected chi connectivity index (χ2v) is 24.3. The number of allylic oxidation sites excluding steroid dienone is 2. The number of aromatic amines is 1. The number of pyridine rings is 6. The SMILES string of the molecule is C=O.FC(F)(F)c1ccc(CCc2ccc(Cc3c[nH]c4ncc(Cl)cc34)cn2)cn1.O=C(OC1/C=C/CCCCC1)n1cc(Cc2ccc(CCc3ccc(C(F)(F)F)nc3)nc2)c2cc(Cl)cnc21.O=C(Oc1ccc([N+](=O)[O-])cc1)OC1/C=C/CCCCC1.[3H]C(=O)c1ccc([N+](=O)[O-])cc1. The van der Waals surface area contributed by atoms with Gasteiger partial charge in [-0.05, 0) is 183 Å². The summed E-state index contributed by atoms with van der Waals surface area (Å²) in [7, 11) is 0. The first-order chi connectivity index (χ1) is 49.9. The van der Waals surface area contributed by atoms with E-state index in [9.17, 15) is 61.0 Å². The van der Waals surface area contributed by atoms with E-state index in [1.54, 1.807) is 24.7 Å². The molecule has 2 aliphatic carbocycles. The molecule has 8 aromatic heterocycles. The molecule has 2 unspecified atom stereocenters. The third-order valence-corrected chi connectivity index (χ3v) is 16.4. The molecule has 10 aromatic rings. The van der Waals surface area contributed by atoms with Crippen LogP contribution < -0.4 is 4.74 Å². The summed E-state index contributed by atoms with van der Waals surface area (Å²) >= 11 is 12.3. The Hall–Kier alpha value is -11.1. The molecule has 0 saturated carbocycles. The molecule has 8 heterocycles. The van der Waals surface area contributed by atoms with Crippen molar-refractivity contribution in [2.45, 2.75) is 127 Å². The summed E-state index contributed by atoms with van der Waals surface area (Å²) in [5, 5.41) is 23.5. The number of ether oxygens (including phenoxy) is 3. The van der Waals surface area contributed by atoms with Crippen molar-refractivity contribution in [3.8, 4) is 5.75 Å². The Bertz CT molecular complexity index is 4540. The average Bonchev–Trinajstić information content (AvgIpc) is 1.63. The monoisotopic (exact) mass is 1460 g/mol. The van der Waals surface area contributed by atoms with Gasteiger partial charge in [-0.3, -0.25) is 45.0 Å². The molecule has 103 heavy (non-hydrogen) atoms. The number of rotatable bonds is 16. The van der Waals surface area contributed by atoms with Crippen LogP contribution in [-0.2, 0) is 65.1 Å². The summed E-state index contributed by atoms with van der Waals surface area (Å²) in [5.41, 5.74) is 6.56. The fraction of sp³-hybridized carbons (Fsp3) is 0.270. The lowest BCUT2D eigenvalue weighted by atomic mass is 10.0. The van der Waals surface area contributed by atoms with E-state index in [0.29, 0.717) is 59.8 Å². The molecule has 12 rings (SSSR count). The number of carbonyl (C=O) groups excluding carboxylic acids is 4. The average molecular weight is 1460 g/mol. The number of nitro groups is 2. The minimum Gasteiger partial charge on any atom is -0.441 e. The fourth-order valence-electron chi connectivity index (χ4n) is 10.7. The van der Waals surface area contributed by atoms with Crippen LogP contribution in [0.2, 0.25) is 10.0 Å². The molecule has 2 atom stereocenters. The predicted molar refractivity (Wildman–Crippen MR) is 373 cm³/mol. The number of H-pyrrole nitrogens is 1. The standard InChI is InChI=1S/C30H28ClF3N4O2.C21H16ClF3N4.C15H17NO5.C7H5NO3.CH2O/c31-23-15-26-22(19-38(28(26)37-18-23)29(39)40-25-6-4-2-1-3-5-7-25)14-21-9-12-24(35-17-21)11-8-20-10-13-27(36-16-20)30(32,33)34;22-16-8-18-15(11-28-20(18)29-12-16)7-14-2-5-17(26-10-14)4-1-13-3-6-19(27-9-13)21(23,24)25;17-15(20-13-6-4-2-1-3-5-7-13)21-14-10-8-12(9-11-14)16(18)19;9-5-6-1-3-7(4-2-6)8(10)11;1-2/h4,6,9-10,12-13,15-19,25H,1-3,5,7-8,11,14H2;2-3,5-6,8-12H,1,4,7H2,(H,28,29);4,6,8-11,13H,1-3,5,7H2;1-5H;1H2/b6-4+;;6-4+;;/i;;;5T;. The molecule has 2 aromatic carbocycles. The van der Waals surface area contributed by atoms with Crippen LogP contribution in [0.1, 0.15) is 132 Å². The Kier molecular flexibility index (Phi) is 28.2. The Balaban J connectivity index is 0.000000187. The molecule has 0 saturated heterocycles. The van der Waals surface area contributed by atoms with E-state index in [0.717, 1.165) is 132 Å². The van der Waals surface area contributed by atoms with Crippen LogP contribution in [0, 0.1) is 20.2 Å². The largest absolute Gasteiger partial charge is 0.514 e. The molecule has 1 N–H and O–H groups in total. The zero-order valence-electron chi connectivity index (χ0n) is 56.0. The lowest BCUT2D eigenvalue weighted by molar-refractivity contribution is -0.385. The van der Waals surface area contributed by atoms with Gasteiger partial charge in [-0.2, -0.15) is 26.3 Å². The van der Waals surface area contributed by atoms with Crippen LogP contribution in [0.5, 0.6) is 5.75 Å². The molecule has 0 fully saturated rings. The van der Waals surface area contributed by atoms with E-state index in [1.165, 1.54) is 83.8 Å². The summed E-state index contributed by atoms with van der Waals surface area (Å²) in [6.07, 6.45) is 22.9. The number of hydrogen-bond acceptors (Lipinski definition) is 17. The molecule has 29 heteroatoms. The zero-order chi connectivity index (χ0) is 74.8. The van der Waals surface area contributed by atoms with Crippen LogP contribution in [0.15, 0.2) is 183 Å². The molecular formula is C74H68Cl2F6N10O11. The minimum absolute atomic E-state index is 0.0568. The van der Waals surface area contributed by atoms with E-state index < -0.39 is 52.1 Å². The van der Waals surface area contributed by atoms with Gasteiger partial charge >= 0.3 is 24.6 Å². The number of nitrogens with zero attached hydrogens (tertiary/aromatic N) is 9. The van der Waals surface area contributed by atoms with Crippen molar-refractivity contribution in [3.05, 3.63) is 275 Å². The Morgan fingerprint density at radius 3 is 1.56 bits per heavy atom. The summed E-state index contributed by atoms with van der Waals surface area (Å²) in [4.78, 5) is 90.7. The van der Waals surface area contributed by atoms with Gasteiger partial charge in [-0.1, -0.05) is 72.5 Å². The molecule has 536 valence electrons. The second kappa shape index (κ2) is 38.1. The first-order valence-corrected chi connectivity index (χ1v) is 33.1. The van der Waals surface area contributed by atoms with Crippen LogP contribution in [-0.4, -0.2) is 86.8 Å². The van der Waals surface area contributed by atoms with Crippen LogP contribution in [0.3, 0.4) is 0 Å². The number of nitrogens with one attached hydrogen (secondary N) is 1. The first-order valence-electron chi connectivity index (χ1n) is 32.8. The number of aromatic nitrogens is 8. The van der Waals surface area contributed by atoms with Gasteiger partial charge in [0.05, 0.1) is 19.9 Å². The van der Waals surface area contributed by atoms with Crippen LogP contribution in [0.4, 0.5) is 47.3 Å². The zero-order valence-corrected chi connectivity index (χ0v) is 56.5. The van der Waals surface area contributed by atoms with Crippen molar-refractivity contribution in [1.82, 2.24) is 39.5 Å². The number of hydrogen-bond donors (Lipinski definition) is 1. The predicted octanol–water partition coefficient (Wildman–Crippen LogP) is 18.4. The molecule has 0 amide bonds. The van der Waals surface area contributed by atoms with Gasteiger partial charge in [0, 0.05) is 114 Å². The Morgan fingerprint density at radius 1 is 0.592 bits per heavy atom. The lowest BCUT2D eigenvalue weighted by Crippen LogP contribution is -2.21. The van der Waals surface area contributed by atoms with E-state index in [-0.39, 0.29) is 34.9 Å². The molecule has 0 spiro atoms. The fourth-order valence-corrected chi connectivity index (χ4v) is 11.0. The van der Waals surface area contributed by atoms with Crippen molar-refractivity contribution < 1.29 is 70.9 Å². The third kappa shape index (κ3) is 24.3. The van der Waals surface area contributed by atoms with E-state index in [2.05, 4.69) is 41.0 Å². The summed E-state index contributed by atoms with van der Waals surface area (Å²) in [5.74, 6) is 0.223. The van der Waals surface area contributed by atoms with Crippen molar-refractivity contribution in [2.75, 3.05) is 0 Å². The number of benzene rings is 2. The van der Waals surface area contributed by atoms with Crippen molar-refractivity contribution in [1.29, 1.82) is 0 Å². The summed E-state index contributed by atoms with van der Waals surface area (Å²) in [6, 6.07) is 26.6. The summed E-state index contributed by atoms with van der Waals surface area (Å²) < 4.78 is 100. The quantitative estimate of drug-likeness (QED) is 0.0179. The highest BCUT2D eigenvalue weighted by Gasteiger charge is 2.33. The second-order valence-electron chi connectivity index (χ2n) is 23.4. The molecule has 0 aliphatic heterocycles. The number of alkyl halides is 6. The van der Waals surface area contributed by atoms with Gasteiger partial charge < -0.3 is 24.0 Å². The van der Waals surface area contributed by atoms with Gasteiger partial charge in [-0.25, -0.2) is 24.1 Å². The first kappa shape index (κ1) is 76.1. The smallest absolute Gasteiger partial charge is 0.441 e. The maximum atomic E-state index is 13.1. The van der Waals surface area contributed by atoms with E-state index in [1.807, 2.05) is 67.7 Å². The van der Waals surface area contributed by atoms with Crippen molar-refractivity contribution >= 4 is 81.9 Å². The maximum absolute atomic E-state index is 13.1. The summed E-state index contributed by atoms with van der Waals surface area (Å²) in [6.45, 7) is 2.00. The van der Waals surface area contributed by atoms with Gasteiger partial charge in [0.25, 0.3) is 11.4 Å². The topological polar surface area (TPSA) is 280 Å². The number of carbonyl (C=O) groups is 4. The van der Waals surface area contributed by atoms with E-state index >= 15 is 0 Å². The number of nitro benzene ring substituents is 2. The number of halogens is 8. The molecule has 21 nitrogen and oxygen atoms in total. The number of fused-ring (bicyclic) bond motifs is 2. The maximum Gasteiger partial charge on any atom is 0.514 e. The highest BCUT2D eigenvalue weighted by atomic mass is 35.5. The third-order valence-electron chi connectivity index (χ3n) is 16.0. The van der Waals surface area contributed by atoms with Crippen LogP contribution in [0.25, 0.3) is 22.1 Å². The molecule has 0 radical (unpaired) electrons.